The Balaban J connectivity index is 1.43. The predicted molar refractivity (Wildman–Crippen MR) is 109 cm³/mol. The molecule has 28 heavy (non-hydrogen) atoms. The molecule has 6 heteroatoms. The molecule has 1 saturated heterocycles. The highest BCUT2D eigenvalue weighted by Crippen LogP contribution is 2.25. The van der Waals surface area contributed by atoms with E-state index in [-0.39, 0.29) is 5.56 Å². The second-order valence-electron chi connectivity index (χ2n) is 7.22. The second kappa shape index (κ2) is 8.44. The van der Waals surface area contributed by atoms with Gasteiger partial charge in [0, 0.05) is 37.2 Å². The molecular weight excluding hydrogens is 354 g/mol. The number of rotatable bonds is 6. The maximum absolute atomic E-state index is 12.2. The number of aryl methyl sites for hydroxylation is 1. The fraction of sp³-hybridized carbons (Fsp3) is 0.364. The van der Waals surface area contributed by atoms with Crippen molar-refractivity contribution in [1.29, 1.82) is 0 Å². The predicted octanol–water partition coefficient (Wildman–Crippen LogP) is 3.42. The van der Waals surface area contributed by atoms with Crippen LogP contribution in [0.25, 0.3) is 5.65 Å². The number of ether oxygens (including phenoxy) is 2. The summed E-state index contributed by atoms with van der Waals surface area (Å²) in [6.07, 6.45) is 3.84. The molecule has 0 spiro atoms. The van der Waals surface area contributed by atoms with Crippen molar-refractivity contribution < 1.29 is 9.47 Å². The number of benzene rings is 1. The summed E-state index contributed by atoms with van der Waals surface area (Å²) < 4.78 is 13.0. The van der Waals surface area contributed by atoms with Crippen LogP contribution in [0.4, 0.5) is 5.69 Å². The molecule has 1 aliphatic rings. The van der Waals surface area contributed by atoms with Crippen LogP contribution >= 0.6 is 0 Å². The SMILES string of the molecule is Cc1ccc(NCc2cc(=O)n3ccccc3n2)cc1OCC1CCOCC1. The van der Waals surface area contributed by atoms with E-state index in [1.165, 1.54) is 4.40 Å². The van der Waals surface area contributed by atoms with Gasteiger partial charge in [-0.25, -0.2) is 4.98 Å². The van der Waals surface area contributed by atoms with Crippen LogP contribution in [0.2, 0.25) is 0 Å². The Morgan fingerprint density at radius 1 is 1.21 bits per heavy atom. The van der Waals surface area contributed by atoms with Crippen molar-refractivity contribution >= 4 is 11.3 Å². The van der Waals surface area contributed by atoms with E-state index in [9.17, 15) is 4.79 Å². The van der Waals surface area contributed by atoms with E-state index in [4.69, 9.17) is 9.47 Å². The average Bonchev–Trinajstić information content (AvgIpc) is 2.73. The van der Waals surface area contributed by atoms with Gasteiger partial charge in [0.2, 0.25) is 0 Å². The highest BCUT2D eigenvalue weighted by molar-refractivity contribution is 5.52. The van der Waals surface area contributed by atoms with Crippen LogP contribution in [0.15, 0.2) is 53.5 Å². The lowest BCUT2D eigenvalue weighted by Crippen LogP contribution is -2.21. The van der Waals surface area contributed by atoms with E-state index in [2.05, 4.69) is 17.2 Å². The van der Waals surface area contributed by atoms with Crippen LogP contribution in [0, 0.1) is 12.8 Å². The van der Waals surface area contributed by atoms with E-state index >= 15 is 0 Å². The normalized spacial score (nSPS) is 14.9. The standard InChI is InChI=1S/C22H25N3O3/c1-16-5-6-18(12-20(16)28-15-17-7-10-27-11-8-17)23-14-19-13-22(26)25-9-3-2-4-21(25)24-19/h2-6,9,12-13,17,23H,7-8,10-11,14-15H2,1H3. The van der Waals surface area contributed by atoms with Gasteiger partial charge in [-0.1, -0.05) is 12.1 Å². The highest BCUT2D eigenvalue weighted by atomic mass is 16.5. The zero-order valence-corrected chi connectivity index (χ0v) is 16.1. The van der Waals surface area contributed by atoms with E-state index in [0.717, 1.165) is 49.7 Å². The maximum atomic E-state index is 12.2. The van der Waals surface area contributed by atoms with Crippen LogP contribution in [0.1, 0.15) is 24.1 Å². The van der Waals surface area contributed by atoms with Crippen LogP contribution < -0.4 is 15.6 Å². The summed E-state index contributed by atoms with van der Waals surface area (Å²) in [7, 11) is 0. The Labute approximate surface area is 164 Å². The molecule has 0 amide bonds. The Morgan fingerprint density at radius 3 is 2.93 bits per heavy atom. The van der Waals surface area contributed by atoms with Crippen molar-refractivity contribution in [3.8, 4) is 5.75 Å². The number of fused-ring (bicyclic) bond motifs is 1. The third-order valence-electron chi connectivity index (χ3n) is 5.10. The zero-order chi connectivity index (χ0) is 19.3. The summed E-state index contributed by atoms with van der Waals surface area (Å²) in [5.41, 5.74) is 3.34. The third kappa shape index (κ3) is 4.34. The van der Waals surface area contributed by atoms with Gasteiger partial charge in [0.05, 0.1) is 18.8 Å². The smallest absolute Gasteiger partial charge is 0.258 e. The van der Waals surface area contributed by atoms with Gasteiger partial charge < -0.3 is 14.8 Å². The molecule has 0 radical (unpaired) electrons. The van der Waals surface area contributed by atoms with Crippen molar-refractivity contribution in [2.45, 2.75) is 26.3 Å². The first-order valence-corrected chi connectivity index (χ1v) is 9.71. The monoisotopic (exact) mass is 379 g/mol. The molecule has 1 aliphatic heterocycles. The van der Waals surface area contributed by atoms with Crippen molar-refractivity contribution in [2.75, 3.05) is 25.1 Å². The lowest BCUT2D eigenvalue weighted by molar-refractivity contribution is 0.0496. The van der Waals surface area contributed by atoms with Crippen molar-refractivity contribution in [3.05, 3.63) is 70.3 Å². The Bertz CT molecular complexity index is 1010. The first-order chi connectivity index (χ1) is 13.7. The number of pyridine rings is 1. The third-order valence-corrected chi connectivity index (χ3v) is 5.10. The quantitative estimate of drug-likeness (QED) is 0.711. The number of anilines is 1. The minimum Gasteiger partial charge on any atom is -0.493 e. The number of nitrogens with zero attached hydrogens (tertiary/aromatic N) is 2. The van der Waals surface area contributed by atoms with Gasteiger partial charge in [-0.15, -0.1) is 0 Å². The molecule has 1 fully saturated rings. The molecular formula is C22H25N3O3. The van der Waals surface area contributed by atoms with Crippen LogP contribution in [-0.2, 0) is 11.3 Å². The van der Waals surface area contributed by atoms with Crippen LogP contribution in [-0.4, -0.2) is 29.2 Å². The van der Waals surface area contributed by atoms with Crippen LogP contribution in [0.5, 0.6) is 5.75 Å². The minimum absolute atomic E-state index is 0.0770. The Kier molecular flexibility index (Phi) is 5.58. The summed E-state index contributed by atoms with van der Waals surface area (Å²) in [6, 6.07) is 13.2. The number of aromatic nitrogens is 2. The number of hydrogen-bond acceptors (Lipinski definition) is 5. The molecule has 0 saturated carbocycles. The summed E-state index contributed by atoms with van der Waals surface area (Å²) >= 11 is 0. The molecule has 3 heterocycles. The van der Waals surface area contributed by atoms with Gasteiger partial charge in [0.1, 0.15) is 11.4 Å². The van der Waals surface area contributed by atoms with Gasteiger partial charge in [-0.2, -0.15) is 0 Å². The molecule has 1 N–H and O–H groups in total. The minimum atomic E-state index is -0.0770. The first-order valence-electron chi connectivity index (χ1n) is 9.71. The fourth-order valence-electron chi connectivity index (χ4n) is 3.37. The molecule has 0 atom stereocenters. The van der Waals surface area contributed by atoms with Crippen molar-refractivity contribution in [2.24, 2.45) is 5.92 Å². The molecule has 1 aromatic carbocycles. The Hall–Kier alpha value is -2.86. The summed E-state index contributed by atoms with van der Waals surface area (Å²) in [4.78, 5) is 16.8. The molecule has 0 aliphatic carbocycles. The van der Waals surface area contributed by atoms with Gasteiger partial charge in [0.15, 0.2) is 0 Å². The van der Waals surface area contributed by atoms with E-state index in [1.54, 1.807) is 12.3 Å². The van der Waals surface area contributed by atoms with E-state index < -0.39 is 0 Å². The average molecular weight is 379 g/mol. The summed E-state index contributed by atoms with van der Waals surface area (Å²) in [5, 5.41) is 3.35. The topological polar surface area (TPSA) is 64.9 Å². The molecule has 0 unspecified atom stereocenters. The van der Waals surface area contributed by atoms with Gasteiger partial charge in [-0.05, 0) is 49.4 Å². The lowest BCUT2D eigenvalue weighted by Gasteiger charge is -2.22. The molecule has 3 aromatic rings. The van der Waals surface area contributed by atoms with Crippen LogP contribution in [0.3, 0.4) is 0 Å². The molecule has 146 valence electrons. The Morgan fingerprint density at radius 2 is 2.07 bits per heavy atom. The first kappa shape index (κ1) is 18.5. The fourth-order valence-corrected chi connectivity index (χ4v) is 3.37. The molecule has 6 nitrogen and oxygen atoms in total. The zero-order valence-electron chi connectivity index (χ0n) is 16.1. The van der Waals surface area contributed by atoms with Crippen molar-refractivity contribution in [1.82, 2.24) is 9.38 Å². The largest absolute Gasteiger partial charge is 0.493 e. The van der Waals surface area contributed by atoms with E-state index in [1.807, 2.05) is 36.4 Å². The molecule has 0 bridgehead atoms. The lowest BCUT2D eigenvalue weighted by atomic mass is 10.0. The summed E-state index contributed by atoms with van der Waals surface area (Å²) in [5.74, 6) is 1.45. The summed E-state index contributed by atoms with van der Waals surface area (Å²) in [6.45, 7) is 4.90. The van der Waals surface area contributed by atoms with Gasteiger partial charge in [-0.3, -0.25) is 9.20 Å². The highest BCUT2D eigenvalue weighted by Gasteiger charge is 2.15. The van der Waals surface area contributed by atoms with E-state index in [0.29, 0.717) is 23.8 Å². The second-order valence-corrected chi connectivity index (χ2v) is 7.22. The van der Waals surface area contributed by atoms with Gasteiger partial charge >= 0.3 is 0 Å². The molecule has 4 rings (SSSR count). The number of nitrogens with one attached hydrogen (secondary N) is 1. The molecule has 2 aromatic heterocycles. The maximum Gasteiger partial charge on any atom is 0.258 e. The number of hydrogen-bond donors (Lipinski definition) is 1. The van der Waals surface area contributed by atoms with Crippen molar-refractivity contribution in [3.63, 3.8) is 0 Å². The van der Waals surface area contributed by atoms with Gasteiger partial charge in [0.25, 0.3) is 5.56 Å².